The molecule has 3 fully saturated rings. The summed E-state index contributed by atoms with van der Waals surface area (Å²) in [6.45, 7) is 0. The van der Waals surface area contributed by atoms with Crippen LogP contribution in [-0.4, -0.2) is 36.6 Å². The van der Waals surface area contributed by atoms with E-state index in [9.17, 15) is 0 Å². The molecule has 4 unspecified atom stereocenters. The Morgan fingerprint density at radius 2 is 1.33 bits per heavy atom. The van der Waals surface area contributed by atoms with Gasteiger partial charge in [-0.15, -0.1) is 0 Å². The predicted molar refractivity (Wildman–Crippen MR) is 45.8 cm³/mol. The minimum atomic E-state index is 0.713. The van der Waals surface area contributed by atoms with Gasteiger partial charge in [0.15, 0.2) is 0 Å². The molecule has 0 aromatic heterocycles. The van der Waals surface area contributed by atoms with Gasteiger partial charge in [0.05, 0.1) is 12.2 Å². The second kappa shape index (κ2) is 4.21. The van der Waals surface area contributed by atoms with Crippen LogP contribution in [0.25, 0.3) is 0 Å². The molecule has 1 aliphatic carbocycles. The lowest BCUT2D eigenvalue weighted by molar-refractivity contribution is 0.0726. The van der Waals surface area contributed by atoms with Gasteiger partial charge in [0, 0.05) is 14.2 Å². The molecule has 0 amide bonds. The smallest absolute Gasteiger partial charge is 0.0611 e. The Morgan fingerprint density at radius 1 is 0.917 bits per heavy atom. The molecule has 3 heteroatoms. The van der Waals surface area contributed by atoms with Crippen LogP contribution in [0.3, 0.4) is 0 Å². The molecule has 2 aliphatic heterocycles. The molecule has 3 nitrogen and oxygen atoms in total. The lowest BCUT2D eigenvalue weighted by Gasteiger charge is -2.00. The maximum atomic E-state index is 7.00. The Labute approximate surface area is 73.4 Å². The molecule has 2 heterocycles. The van der Waals surface area contributed by atoms with Crippen molar-refractivity contribution in [3.63, 3.8) is 0 Å². The highest BCUT2D eigenvalue weighted by Gasteiger charge is 2.58. The number of ether oxygens (including phenoxy) is 1. The van der Waals surface area contributed by atoms with Crippen LogP contribution in [0.4, 0.5) is 0 Å². The van der Waals surface area contributed by atoms with Crippen molar-refractivity contribution in [2.24, 2.45) is 11.8 Å². The highest BCUT2D eigenvalue weighted by atomic mass is 16.5. The highest BCUT2D eigenvalue weighted by molar-refractivity contribution is 5.06. The third kappa shape index (κ3) is 1.49. The molecular weight excluding hydrogens is 156 g/mol. The van der Waals surface area contributed by atoms with Crippen LogP contribution in [0, 0.1) is 11.8 Å². The van der Waals surface area contributed by atoms with Crippen molar-refractivity contribution in [3.8, 4) is 0 Å². The van der Waals surface area contributed by atoms with Gasteiger partial charge in [0.2, 0.25) is 0 Å². The van der Waals surface area contributed by atoms with E-state index in [1.165, 1.54) is 19.3 Å². The van der Waals surface area contributed by atoms with E-state index in [2.05, 4.69) is 0 Å². The van der Waals surface area contributed by atoms with Crippen molar-refractivity contribution in [1.29, 1.82) is 0 Å². The van der Waals surface area contributed by atoms with Crippen LogP contribution in [-0.2, 0) is 4.74 Å². The summed E-state index contributed by atoms with van der Waals surface area (Å²) in [6, 6.07) is 0. The zero-order valence-corrected chi connectivity index (χ0v) is 7.73. The molecule has 4 atom stereocenters. The lowest BCUT2D eigenvalue weighted by atomic mass is 10.0. The number of aliphatic hydroxyl groups excluding tert-OH is 2. The SMILES string of the molecule is C1CC2OC1C1CC21.CO.CO. The molecule has 12 heavy (non-hydrogen) atoms. The fourth-order valence-electron chi connectivity index (χ4n) is 2.41. The van der Waals surface area contributed by atoms with E-state index < -0.39 is 0 Å². The van der Waals surface area contributed by atoms with Gasteiger partial charge in [-0.05, 0) is 31.1 Å². The molecule has 2 saturated heterocycles. The first-order valence-corrected chi connectivity index (χ1v) is 4.50. The van der Waals surface area contributed by atoms with Crippen molar-refractivity contribution < 1.29 is 14.9 Å². The number of hydrogen-bond donors (Lipinski definition) is 2. The minimum absolute atomic E-state index is 0.713. The second-order valence-electron chi connectivity index (χ2n) is 3.35. The summed E-state index contributed by atoms with van der Waals surface area (Å²) >= 11 is 0. The van der Waals surface area contributed by atoms with Crippen molar-refractivity contribution >= 4 is 0 Å². The molecule has 72 valence electrons. The predicted octanol–water partition coefficient (Wildman–Crippen LogP) is 0.401. The summed E-state index contributed by atoms with van der Waals surface area (Å²) in [5.74, 6) is 2.04. The zero-order chi connectivity index (χ0) is 9.14. The maximum Gasteiger partial charge on any atom is 0.0611 e. The Hall–Kier alpha value is -0.120. The van der Waals surface area contributed by atoms with Crippen LogP contribution < -0.4 is 0 Å². The summed E-state index contributed by atoms with van der Waals surface area (Å²) in [7, 11) is 2.00. The van der Waals surface area contributed by atoms with E-state index in [0.29, 0.717) is 12.2 Å². The molecule has 3 rings (SSSR count). The monoisotopic (exact) mass is 174 g/mol. The average Bonchev–Trinajstić information content (AvgIpc) is 2.77. The third-order valence-corrected chi connectivity index (χ3v) is 2.93. The molecule has 3 aliphatic rings. The van der Waals surface area contributed by atoms with Gasteiger partial charge in [0.1, 0.15) is 0 Å². The van der Waals surface area contributed by atoms with E-state index in [4.69, 9.17) is 14.9 Å². The van der Waals surface area contributed by atoms with Gasteiger partial charge in [-0.1, -0.05) is 0 Å². The van der Waals surface area contributed by atoms with Crippen molar-refractivity contribution in [1.82, 2.24) is 0 Å². The van der Waals surface area contributed by atoms with E-state index in [1.54, 1.807) is 0 Å². The average molecular weight is 174 g/mol. The van der Waals surface area contributed by atoms with Crippen molar-refractivity contribution in [2.75, 3.05) is 14.2 Å². The minimum Gasteiger partial charge on any atom is -0.400 e. The van der Waals surface area contributed by atoms with Crippen LogP contribution in [0.2, 0.25) is 0 Å². The summed E-state index contributed by atoms with van der Waals surface area (Å²) in [5.41, 5.74) is 0. The number of hydrogen-bond acceptors (Lipinski definition) is 3. The number of fused-ring (bicyclic) bond motifs is 5. The maximum absolute atomic E-state index is 7.00. The fourth-order valence-corrected chi connectivity index (χ4v) is 2.41. The van der Waals surface area contributed by atoms with Crippen molar-refractivity contribution in [2.45, 2.75) is 31.5 Å². The first-order valence-electron chi connectivity index (χ1n) is 4.50. The molecule has 0 radical (unpaired) electrons. The van der Waals surface area contributed by atoms with Gasteiger partial charge >= 0.3 is 0 Å². The van der Waals surface area contributed by atoms with E-state index in [0.717, 1.165) is 26.1 Å². The summed E-state index contributed by atoms with van der Waals surface area (Å²) < 4.78 is 5.63. The van der Waals surface area contributed by atoms with Crippen LogP contribution in [0.1, 0.15) is 19.3 Å². The largest absolute Gasteiger partial charge is 0.400 e. The topological polar surface area (TPSA) is 49.7 Å². The van der Waals surface area contributed by atoms with Gasteiger partial charge < -0.3 is 14.9 Å². The van der Waals surface area contributed by atoms with Crippen LogP contribution in [0.5, 0.6) is 0 Å². The first kappa shape index (κ1) is 9.96. The van der Waals surface area contributed by atoms with Crippen LogP contribution >= 0.6 is 0 Å². The number of rotatable bonds is 0. The Kier molecular flexibility index (Phi) is 3.50. The standard InChI is InChI=1S/C7H10O.2CH4O/c1-2-7-5-3-4(5)6(1)8-7;2*1-2/h4-7H,1-3H2;2*2H,1H3. The van der Waals surface area contributed by atoms with E-state index in [1.807, 2.05) is 0 Å². The van der Waals surface area contributed by atoms with E-state index in [-0.39, 0.29) is 0 Å². The van der Waals surface area contributed by atoms with Gasteiger partial charge in [-0.2, -0.15) is 0 Å². The first-order chi connectivity index (χ1) is 5.95. The van der Waals surface area contributed by atoms with E-state index >= 15 is 0 Å². The van der Waals surface area contributed by atoms with Gasteiger partial charge in [-0.25, -0.2) is 0 Å². The quantitative estimate of drug-likeness (QED) is 0.559. The Morgan fingerprint density at radius 3 is 1.58 bits per heavy atom. The molecule has 2 N–H and O–H groups in total. The lowest BCUT2D eigenvalue weighted by Crippen LogP contribution is -2.03. The molecule has 2 bridgehead atoms. The Balaban J connectivity index is 0.000000162. The zero-order valence-electron chi connectivity index (χ0n) is 7.73. The number of aliphatic hydroxyl groups is 2. The normalized spacial score (nSPS) is 45.0. The van der Waals surface area contributed by atoms with Crippen molar-refractivity contribution in [3.05, 3.63) is 0 Å². The molecule has 0 spiro atoms. The summed E-state index contributed by atoms with van der Waals surface area (Å²) in [4.78, 5) is 0. The highest BCUT2D eigenvalue weighted by Crippen LogP contribution is 2.58. The summed E-state index contributed by atoms with van der Waals surface area (Å²) in [6.07, 6.45) is 5.66. The van der Waals surface area contributed by atoms with Gasteiger partial charge in [-0.3, -0.25) is 0 Å². The fraction of sp³-hybridized carbons (Fsp3) is 1.00. The Bertz CT molecular complexity index is 124. The molecule has 0 aromatic carbocycles. The third-order valence-electron chi connectivity index (χ3n) is 2.93. The summed E-state index contributed by atoms with van der Waals surface area (Å²) in [5, 5.41) is 14.0. The second-order valence-corrected chi connectivity index (χ2v) is 3.35. The molecule has 1 saturated carbocycles. The van der Waals surface area contributed by atoms with Crippen LogP contribution in [0.15, 0.2) is 0 Å². The molecule has 0 aromatic rings. The van der Waals surface area contributed by atoms with Gasteiger partial charge in [0.25, 0.3) is 0 Å². The molecular formula is C9H18O3.